The number of aryl methyl sites for hydroxylation is 2. The van der Waals surface area contributed by atoms with Gasteiger partial charge in [-0.15, -0.1) is 12.8 Å². The van der Waals surface area contributed by atoms with E-state index < -0.39 is 0 Å². The van der Waals surface area contributed by atoms with Gasteiger partial charge in [0.15, 0.2) is 0 Å². The van der Waals surface area contributed by atoms with Crippen molar-refractivity contribution in [2.75, 3.05) is 0 Å². The van der Waals surface area contributed by atoms with E-state index in [1.807, 2.05) is 0 Å². The summed E-state index contributed by atoms with van der Waals surface area (Å²) in [4.78, 5) is 0. The normalized spacial score (nSPS) is 13.0. The van der Waals surface area contributed by atoms with Gasteiger partial charge >= 0.3 is 0 Å². The Morgan fingerprint density at radius 3 is 1.20 bits per heavy atom. The van der Waals surface area contributed by atoms with Gasteiger partial charge in [-0.2, -0.15) is 0 Å². The molecule has 0 N–H and O–H groups in total. The fraction of sp³-hybridized carbons (Fsp3) is 0.200. The van der Waals surface area contributed by atoms with E-state index >= 15 is 0 Å². The summed E-state index contributed by atoms with van der Waals surface area (Å²) in [6, 6.07) is 16.6. The van der Waals surface area contributed by atoms with Gasteiger partial charge in [0, 0.05) is 0 Å². The largest absolute Gasteiger partial charge is 0.119 e. The molecule has 2 aromatic carbocycles. The molecule has 20 heavy (non-hydrogen) atoms. The summed E-state index contributed by atoms with van der Waals surface area (Å²) < 4.78 is 0. The summed E-state index contributed by atoms with van der Waals surface area (Å²) in [6.45, 7) is 4.13. The Kier molecular flexibility index (Phi) is 4.29. The zero-order chi connectivity index (χ0) is 14.5. The molecule has 2 rings (SSSR count). The lowest BCUT2D eigenvalue weighted by Crippen LogP contribution is -2.08. The first kappa shape index (κ1) is 14.0. The van der Waals surface area contributed by atoms with Gasteiger partial charge in [-0.25, -0.2) is 0 Å². The van der Waals surface area contributed by atoms with Gasteiger partial charge in [0.05, 0.1) is 11.8 Å². The molecule has 98 valence electrons. The molecule has 0 bridgehead atoms. The number of rotatable bonds is 3. The van der Waals surface area contributed by atoms with E-state index in [1.165, 1.54) is 11.1 Å². The van der Waals surface area contributed by atoms with E-state index in [-0.39, 0.29) is 11.8 Å². The van der Waals surface area contributed by atoms with Crippen molar-refractivity contribution in [1.82, 2.24) is 0 Å². The maximum atomic E-state index is 5.74. The SMILES string of the molecule is C#C[C@@H](c1ccc(C)cc1)[C@@H](C#C)c1ccc(C)cc1. The summed E-state index contributed by atoms with van der Waals surface area (Å²) in [7, 11) is 0. The van der Waals surface area contributed by atoms with Gasteiger partial charge in [0.2, 0.25) is 0 Å². The van der Waals surface area contributed by atoms with Gasteiger partial charge in [0.25, 0.3) is 0 Å². The minimum absolute atomic E-state index is 0.0942. The molecule has 0 heteroatoms. The van der Waals surface area contributed by atoms with E-state index in [0.29, 0.717) is 0 Å². The molecule has 0 nitrogen and oxygen atoms in total. The highest BCUT2D eigenvalue weighted by Crippen LogP contribution is 2.32. The van der Waals surface area contributed by atoms with Crippen LogP contribution in [-0.4, -0.2) is 0 Å². The molecule has 0 amide bonds. The molecule has 0 aliphatic heterocycles. The zero-order valence-electron chi connectivity index (χ0n) is 11.9. The second-order valence-electron chi connectivity index (χ2n) is 5.11. The van der Waals surface area contributed by atoms with Crippen LogP contribution in [0.25, 0.3) is 0 Å². The van der Waals surface area contributed by atoms with Crippen LogP contribution in [0.2, 0.25) is 0 Å². The van der Waals surface area contributed by atoms with Crippen molar-refractivity contribution < 1.29 is 0 Å². The van der Waals surface area contributed by atoms with Gasteiger partial charge in [-0.05, 0) is 25.0 Å². The molecule has 0 aliphatic rings. The van der Waals surface area contributed by atoms with Gasteiger partial charge in [-0.3, -0.25) is 0 Å². The van der Waals surface area contributed by atoms with E-state index in [2.05, 4.69) is 74.2 Å². The van der Waals surface area contributed by atoms with E-state index in [9.17, 15) is 0 Å². The number of hydrogen-bond acceptors (Lipinski definition) is 0. The lowest BCUT2D eigenvalue weighted by Gasteiger charge is -2.19. The standard InChI is InChI=1S/C20H18/c1-5-19(17-11-7-15(3)8-12-17)20(6-2)18-13-9-16(4)10-14-18/h1-2,7-14,19-20H,3-4H3/t19-,20-/m0/s1. The topological polar surface area (TPSA) is 0 Å². The molecular weight excluding hydrogens is 240 g/mol. The van der Waals surface area contributed by atoms with E-state index in [0.717, 1.165) is 11.1 Å². The summed E-state index contributed by atoms with van der Waals surface area (Å²) in [6.07, 6.45) is 11.5. The Morgan fingerprint density at radius 2 is 0.950 bits per heavy atom. The third kappa shape index (κ3) is 2.93. The van der Waals surface area contributed by atoms with Crippen LogP contribution < -0.4 is 0 Å². The smallest absolute Gasteiger partial charge is 0.0628 e. The van der Waals surface area contributed by atoms with Crippen LogP contribution in [0, 0.1) is 38.5 Å². The van der Waals surface area contributed by atoms with Crippen LogP contribution in [-0.2, 0) is 0 Å². The molecule has 0 saturated heterocycles. The molecule has 0 fully saturated rings. The Balaban J connectivity index is 2.38. The average Bonchev–Trinajstić information content (AvgIpc) is 2.47. The summed E-state index contributed by atoms with van der Waals surface area (Å²) in [5, 5.41) is 0. The maximum Gasteiger partial charge on any atom is 0.0628 e. The van der Waals surface area contributed by atoms with Gasteiger partial charge in [-0.1, -0.05) is 71.5 Å². The quantitative estimate of drug-likeness (QED) is 0.714. The highest BCUT2D eigenvalue weighted by atomic mass is 14.2. The lowest BCUT2D eigenvalue weighted by atomic mass is 9.82. The Hall–Kier alpha value is -2.44. The van der Waals surface area contributed by atoms with Crippen molar-refractivity contribution in [1.29, 1.82) is 0 Å². The second-order valence-corrected chi connectivity index (χ2v) is 5.11. The van der Waals surface area contributed by atoms with Crippen LogP contribution in [0.3, 0.4) is 0 Å². The fourth-order valence-corrected chi connectivity index (χ4v) is 2.32. The summed E-state index contributed by atoms with van der Waals surface area (Å²) >= 11 is 0. The first-order valence-corrected chi connectivity index (χ1v) is 6.71. The first-order chi connectivity index (χ1) is 9.65. The van der Waals surface area contributed by atoms with Crippen molar-refractivity contribution in [3.8, 4) is 24.7 Å². The predicted molar refractivity (Wildman–Crippen MR) is 85.5 cm³/mol. The average molecular weight is 258 g/mol. The van der Waals surface area contributed by atoms with Crippen LogP contribution in [0.4, 0.5) is 0 Å². The van der Waals surface area contributed by atoms with Crippen LogP contribution in [0.15, 0.2) is 48.5 Å². The van der Waals surface area contributed by atoms with Crippen molar-refractivity contribution in [3.05, 3.63) is 70.8 Å². The first-order valence-electron chi connectivity index (χ1n) is 6.71. The van der Waals surface area contributed by atoms with Gasteiger partial charge in [0.1, 0.15) is 0 Å². The van der Waals surface area contributed by atoms with E-state index in [4.69, 9.17) is 12.8 Å². The van der Waals surface area contributed by atoms with Crippen LogP contribution >= 0.6 is 0 Å². The molecule has 2 atom stereocenters. The molecule has 0 saturated carbocycles. The van der Waals surface area contributed by atoms with Crippen LogP contribution in [0.1, 0.15) is 34.1 Å². The molecule has 0 heterocycles. The minimum atomic E-state index is -0.0942. The van der Waals surface area contributed by atoms with Crippen molar-refractivity contribution in [2.45, 2.75) is 25.7 Å². The Labute approximate surface area is 121 Å². The maximum absolute atomic E-state index is 5.74. The van der Waals surface area contributed by atoms with Crippen LogP contribution in [0.5, 0.6) is 0 Å². The fourth-order valence-electron chi connectivity index (χ4n) is 2.32. The summed E-state index contributed by atoms with van der Waals surface area (Å²) in [5.74, 6) is 5.53. The predicted octanol–water partition coefficient (Wildman–Crippen LogP) is 4.44. The number of terminal acetylenes is 2. The zero-order valence-corrected chi connectivity index (χ0v) is 11.9. The molecule has 0 aromatic heterocycles. The number of benzene rings is 2. The minimum Gasteiger partial charge on any atom is -0.119 e. The molecule has 0 spiro atoms. The third-order valence-electron chi connectivity index (χ3n) is 3.57. The molecule has 2 aromatic rings. The Morgan fingerprint density at radius 1 is 0.650 bits per heavy atom. The number of hydrogen-bond donors (Lipinski definition) is 0. The highest BCUT2D eigenvalue weighted by Gasteiger charge is 2.21. The molecular formula is C20H18. The van der Waals surface area contributed by atoms with Gasteiger partial charge < -0.3 is 0 Å². The lowest BCUT2D eigenvalue weighted by molar-refractivity contribution is 0.781. The highest BCUT2D eigenvalue weighted by molar-refractivity contribution is 5.40. The van der Waals surface area contributed by atoms with Crippen molar-refractivity contribution >= 4 is 0 Å². The monoisotopic (exact) mass is 258 g/mol. The van der Waals surface area contributed by atoms with Crippen molar-refractivity contribution in [2.24, 2.45) is 0 Å². The third-order valence-corrected chi connectivity index (χ3v) is 3.57. The second kappa shape index (κ2) is 6.14. The Bertz CT molecular complexity index is 584. The summed E-state index contributed by atoms with van der Waals surface area (Å²) in [5.41, 5.74) is 4.64. The molecule has 0 unspecified atom stereocenters. The van der Waals surface area contributed by atoms with E-state index in [1.54, 1.807) is 0 Å². The molecule has 0 radical (unpaired) electrons. The molecule has 0 aliphatic carbocycles. The van der Waals surface area contributed by atoms with Crippen molar-refractivity contribution in [3.63, 3.8) is 0 Å².